The van der Waals surface area contributed by atoms with E-state index in [1.54, 1.807) is 6.07 Å². The number of carbonyl (C=O) groups excluding carboxylic acids is 1. The van der Waals surface area contributed by atoms with Crippen molar-refractivity contribution in [2.45, 2.75) is 58.8 Å². The highest BCUT2D eigenvalue weighted by molar-refractivity contribution is 5.98. The highest BCUT2D eigenvalue weighted by Crippen LogP contribution is 2.22. The molecule has 1 rings (SSSR count). The van der Waals surface area contributed by atoms with Crippen molar-refractivity contribution in [3.05, 3.63) is 29.3 Å². The number of ketones is 1. The quantitative estimate of drug-likeness (QED) is 0.543. The van der Waals surface area contributed by atoms with Crippen LogP contribution in [0.2, 0.25) is 0 Å². The Labute approximate surface area is 110 Å². The Kier molecular flexibility index (Phi) is 6.48. The summed E-state index contributed by atoms with van der Waals surface area (Å²) >= 11 is 0. The fourth-order valence-electron chi connectivity index (χ4n) is 2.01. The van der Waals surface area contributed by atoms with Gasteiger partial charge in [0.05, 0.1) is 5.56 Å². The van der Waals surface area contributed by atoms with E-state index in [9.17, 15) is 9.90 Å². The smallest absolute Gasteiger partial charge is 0.166 e. The topological polar surface area (TPSA) is 37.3 Å². The summed E-state index contributed by atoms with van der Waals surface area (Å²) in [5, 5.41) is 9.76. The van der Waals surface area contributed by atoms with Gasteiger partial charge in [0.25, 0.3) is 0 Å². The van der Waals surface area contributed by atoms with Crippen LogP contribution in [-0.2, 0) is 6.42 Å². The molecule has 1 N–H and O–H groups in total. The molecule has 0 aromatic heterocycles. The summed E-state index contributed by atoms with van der Waals surface area (Å²) in [5.74, 6) is 0.182. The molecule has 18 heavy (non-hydrogen) atoms. The Morgan fingerprint density at radius 1 is 1.11 bits per heavy atom. The van der Waals surface area contributed by atoms with Crippen LogP contribution in [0.25, 0.3) is 0 Å². The second-order valence-electron chi connectivity index (χ2n) is 4.84. The van der Waals surface area contributed by atoms with Crippen molar-refractivity contribution in [3.8, 4) is 5.75 Å². The number of unbranched alkanes of at least 4 members (excludes halogenated alkanes) is 3. The molecule has 0 bridgehead atoms. The van der Waals surface area contributed by atoms with E-state index in [0.29, 0.717) is 12.0 Å². The van der Waals surface area contributed by atoms with Crippen LogP contribution >= 0.6 is 0 Å². The van der Waals surface area contributed by atoms with Gasteiger partial charge in [-0.3, -0.25) is 4.79 Å². The van der Waals surface area contributed by atoms with Gasteiger partial charge < -0.3 is 5.11 Å². The molecule has 1 aromatic carbocycles. The Morgan fingerprint density at radius 2 is 1.83 bits per heavy atom. The molecule has 0 aliphatic carbocycles. The molecule has 0 aliphatic heterocycles. The van der Waals surface area contributed by atoms with Crippen LogP contribution in [0.4, 0.5) is 0 Å². The third-order valence-electron chi connectivity index (χ3n) is 3.19. The van der Waals surface area contributed by atoms with Crippen LogP contribution in [0.1, 0.15) is 68.3 Å². The van der Waals surface area contributed by atoms with Crippen LogP contribution < -0.4 is 0 Å². The minimum atomic E-state index is 0.0618. The normalized spacial score (nSPS) is 10.6. The largest absolute Gasteiger partial charge is 0.507 e. The number of rotatable bonds is 8. The summed E-state index contributed by atoms with van der Waals surface area (Å²) in [7, 11) is 0. The average Bonchev–Trinajstić information content (AvgIpc) is 2.38. The van der Waals surface area contributed by atoms with Gasteiger partial charge in [-0.05, 0) is 37.0 Å². The lowest BCUT2D eigenvalue weighted by molar-refractivity contribution is 0.0977. The fraction of sp³-hybridized carbons (Fsp3) is 0.562. The van der Waals surface area contributed by atoms with Crippen molar-refractivity contribution < 1.29 is 9.90 Å². The molecular weight excluding hydrogens is 224 g/mol. The number of hydrogen-bond donors (Lipinski definition) is 1. The zero-order valence-electron chi connectivity index (χ0n) is 11.5. The van der Waals surface area contributed by atoms with Crippen molar-refractivity contribution >= 4 is 5.78 Å². The molecule has 0 saturated heterocycles. The lowest BCUT2D eigenvalue weighted by Crippen LogP contribution is -2.00. The zero-order chi connectivity index (χ0) is 13.4. The number of carbonyl (C=O) groups is 1. The van der Waals surface area contributed by atoms with Crippen molar-refractivity contribution in [1.82, 2.24) is 0 Å². The van der Waals surface area contributed by atoms with Crippen molar-refractivity contribution in [3.63, 3.8) is 0 Å². The van der Waals surface area contributed by atoms with E-state index in [4.69, 9.17) is 0 Å². The lowest BCUT2D eigenvalue weighted by Gasteiger charge is -2.07. The highest BCUT2D eigenvalue weighted by atomic mass is 16.3. The zero-order valence-corrected chi connectivity index (χ0v) is 11.5. The van der Waals surface area contributed by atoms with E-state index in [1.165, 1.54) is 12.8 Å². The van der Waals surface area contributed by atoms with Gasteiger partial charge in [-0.1, -0.05) is 39.2 Å². The van der Waals surface area contributed by atoms with Crippen LogP contribution in [0.3, 0.4) is 0 Å². The van der Waals surface area contributed by atoms with E-state index < -0.39 is 0 Å². The van der Waals surface area contributed by atoms with E-state index >= 15 is 0 Å². The summed E-state index contributed by atoms with van der Waals surface area (Å²) in [6, 6.07) is 5.44. The van der Waals surface area contributed by atoms with Gasteiger partial charge in [0.2, 0.25) is 0 Å². The molecule has 0 amide bonds. The highest BCUT2D eigenvalue weighted by Gasteiger charge is 2.11. The summed E-state index contributed by atoms with van der Waals surface area (Å²) in [6.07, 6.45) is 6.95. The Hall–Kier alpha value is -1.31. The Balaban J connectivity index is 2.71. The first kappa shape index (κ1) is 14.7. The molecule has 0 heterocycles. The van der Waals surface area contributed by atoms with E-state index in [-0.39, 0.29) is 11.5 Å². The molecule has 0 atom stereocenters. The Bertz CT molecular complexity index is 383. The van der Waals surface area contributed by atoms with Crippen molar-refractivity contribution in [1.29, 1.82) is 0 Å². The number of benzene rings is 1. The van der Waals surface area contributed by atoms with Crippen LogP contribution in [0, 0.1) is 0 Å². The minimum Gasteiger partial charge on any atom is -0.507 e. The second-order valence-corrected chi connectivity index (χ2v) is 4.84. The average molecular weight is 248 g/mol. The first-order valence-electron chi connectivity index (χ1n) is 7.04. The molecule has 1 aromatic rings. The van der Waals surface area contributed by atoms with Gasteiger partial charge in [0.15, 0.2) is 5.78 Å². The maximum atomic E-state index is 11.9. The van der Waals surface area contributed by atoms with Crippen LogP contribution in [0.15, 0.2) is 18.2 Å². The fourth-order valence-corrected chi connectivity index (χ4v) is 2.01. The molecule has 0 unspecified atom stereocenters. The van der Waals surface area contributed by atoms with E-state index in [0.717, 1.165) is 31.2 Å². The SMILES string of the molecule is CCCCCc1ccc(O)c(C(=O)CCCC)c1. The van der Waals surface area contributed by atoms with Crippen molar-refractivity contribution in [2.75, 3.05) is 0 Å². The first-order chi connectivity index (χ1) is 8.69. The third kappa shape index (κ3) is 4.52. The minimum absolute atomic E-state index is 0.0618. The molecule has 100 valence electrons. The Morgan fingerprint density at radius 3 is 2.50 bits per heavy atom. The standard InChI is InChI=1S/C16H24O2/c1-3-5-7-8-13-10-11-16(18)14(12-13)15(17)9-6-4-2/h10-12,18H,3-9H2,1-2H3. The summed E-state index contributed by atoms with van der Waals surface area (Å²) in [6.45, 7) is 4.24. The molecule has 0 radical (unpaired) electrons. The van der Waals surface area contributed by atoms with Gasteiger partial charge in [-0.15, -0.1) is 0 Å². The lowest BCUT2D eigenvalue weighted by atomic mass is 9.99. The molecule has 2 heteroatoms. The predicted molar refractivity (Wildman–Crippen MR) is 75.2 cm³/mol. The molecule has 0 aliphatic rings. The molecular formula is C16H24O2. The number of aromatic hydroxyl groups is 1. The van der Waals surface area contributed by atoms with Gasteiger partial charge in [0, 0.05) is 6.42 Å². The van der Waals surface area contributed by atoms with Gasteiger partial charge in [-0.2, -0.15) is 0 Å². The third-order valence-corrected chi connectivity index (χ3v) is 3.19. The number of Topliss-reactive ketones (excluding diaryl/α,β-unsaturated/α-hetero) is 1. The van der Waals surface area contributed by atoms with E-state index in [1.807, 2.05) is 12.1 Å². The summed E-state index contributed by atoms with van der Waals surface area (Å²) < 4.78 is 0. The monoisotopic (exact) mass is 248 g/mol. The van der Waals surface area contributed by atoms with Crippen LogP contribution in [0.5, 0.6) is 5.75 Å². The molecule has 2 nitrogen and oxygen atoms in total. The first-order valence-corrected chi connectivity index (χ1v) is 7.04. The summed E-state index contributed by atoms with van der Waals surface area (Å²) in [5.41, 5.74) is 1.65. The van der Waals surface area contributed by atoms with Gasteiger partial charge in [-0.25, -0.2) is 0 Å². The second kappa shape index (κ2) is 7.91. The molecule has 0 fully saturated rings. The van der Waals surface area contributed by atoms with Gasteiger partial charge >= 0.3 is 0 Å². The molecule has 0 spiro atoms. The number of aryl methyl sites for hydroxylation is 1. The van der Waals surface area contributed by atoms with Crippen molar-refractivity contribution in [2.24, 2.45) is 0 Å². The maximum Gasteiger partial charge on any atom is 0.166 e. The van der Waals surface area contributed by atoms with Crippen LogP contribution in [-0.4, -0.2) is 10.9 Å². The molecule has 0 saturated carbocycles. The summed E-state index contributed by atoms with van der Waals surface area (Å²) in [4.78, 5) is 11.9. The maximum absolute atomic E-state index is 11.9. The predicted octanol–water partition coefficient (Wildman–Crippen LogP) is 4.50. The van der Waals surface area contributed by atoms with E-state index in [2.05, 4.69) is 13.8 Å². The number of phenolic OH excluding ortho intramolecular Hbond substituents is 1. The van der Waals surface area contributed by atoms with Gasteiger partial charge in [0.1, 0.15) is 5.75 Å². The number of hydrogen-bond acceptors (Lipinski definition) is 2. The number of phenols is 1.